The number of carbonyl (C=O) groups is 3. The molecule has 184 valence electrons. The van der Waals surface area contributed by atoms with E-state index in [1.54, 1.807) is 12.3 Å². The maximum Gasteiger partial charge on any atom is 0.333 e. The standard InChI is InChI=1S/C26H26N6O4/c1-17-9-10-21-27-22(31-13-11-30(12-14-31)18-7-5-4-6-8-18)19(25(35)32(21)16-17)15-20-23(33)28(2)26(36)29(3)24(20)34/h4-10,15-16H,11-14H2,1-3H3. The molecule has 2 saturated heterocycles. The molecule has 2 aromatic heterocycles. The molecule has 0 saturated carbocycles. The quantitative estimate of drug-likeness (QED) is 0.411. The molecule has 0 radical (unpaired) electrons. The molecule has 5 rings (SSSR count). The van der Waals surface area contributed by atoms with Crippen molar-refractivity contribution in [3.63, 3.8) is 0 Å². The average Bonchev–Trinajstić information content (AvgIpc) is 2.90. The monoisotopic (exact) mass is 486 g/mol. The van der Waals surface area contributed by atoms with E-state index in [1.807, 2.05) is 36.1 Å². The summed E-state index contributed by atoms with van der Waals surface area (Å²) in [5.74, 6) is -1.10. The predicted molar refractivity (Wildman–Crippen MR) is 136 cm³/mol. The summed E-state index contributed by atoms with van der Waals surface area (Å²) < 4.78 is 1.42. The Morgan fingerprint density at radius 1 is 0.806 bits per heavy atom. The molecule has 2 aliphatic heterocycles. The Labute approximate surface area is 207 Å². The fourth-order valence-corrected chi connectivity index (χ4v) is 4.55. The molecule has 0 spiro atoms. The van der Waals surface area contributed by atoms with Gasteiger partial charge in [-0.1, -0.05) is 24.3 Å². The van der Waals surface area contributed by atoms with Crippen LogP contribution in [0.25, 0.3) is 11.7 Å². The molecule has 10 nitrogen and oxygen atoms in total. The lowest BCUT2D eigenvalue weighted by molar-refractivity contribution is -0.134. The normalized spacial score (nSPS) is 16.9. The Kier molecular flexibility index (Phi) is 5.79. The van der Waals surface area contributed by atoms with Crippen LogP contribution in [-0.2, 0) is 9.59 Å². The molecule has 3 aromatic rings. The van der Waals surface area contributed by atoms with Crippen LogP contribution in [0.15, 0.2) is 59.0 Å². The molecule has 0 N–H and O–H groups in total. The zero-order valence-electron chi connectivity index (χ0n) is 20.3. The number of para-hydroxylation sites is 1. The number of barbiturate groups is 1. The number of imide groups is 2. The number of aryl methyl sites for hydroxylation is 1. The van der Waals surface area contributed by atoms with Crippen molar-refractivity contribution in [1.82, 2.24) is 19.2 Å². The number of pyridine rings is 1. The molecule has 1 aromatic carbocycles. The summed E-state index contributed by atoms with van der Waals surface area (Å²) in [6.45, 7) is 4.49. The number of benzene rings is 1. The number of carbonyl (C=O) groups excluding carboxylic acids is 3. The number of rotatable bonds is 3. The smallest absolute Gasteiger partial charge is 0.333 e. The van der Waals surface area contributed by atoms with Crippen molar-refractivity contribution >= 4 is 41.1 Å². The first kappa shape index (κ1) is 23.3. The number of piperazine rings is 1. The van der Waals surface area contributed by atoms with Crippen LogP contribution >= 0.6 is 0 Å². The van der Waals surface area contributed by atoms with E-state index in [0.29, 0.717) is 37.6 Å². The predicted octanol–water partition coefficient (Wildman–Crippen LogP) is 1.76. The Bertz CT molecular complexity index is 1450. The van der Waals surface area contributed by atoms with E-state index >= 15 is 0 Å². The minimum absolute atomic E-state index is 0.138. The maximum atomic E-state index is 13.7. The van der Waals surface area contributed by atoms with Crippen LogP contribution in [0, 0.1) is 6.92 Å². The number of urea groups is 1. The van der Waals surface area contributed by atoms with Gasteiger partial charge in [-0.15, -0.1) is 0 Å². The van der Waals surface area contributed by atoms with E-state index in [9.17, 15) is 19.2 Å². The fraction of sp³-hybridized carbons (Fsp3) is 0.269. The Hall–Kier alpha value is -4.47. The number of hydrogen-bond donors (Lipinski definition) is 0. The van der Waals surface area contributed by atoms with Gasteiger partial charge in [-0.3, -0.25) is 28.6 Å². The molecule has 0 bridgehead atoms. The first-order valence-electron chi connectivity index (χ1n) is 11.7. The van der Waals surface area contributed by atoms with Crippen molar-refractivity contribution in [2.45, 2.75) is 6.92 Å². The maximum absolute atomic E-state index is 13.7. The van der Waals surface area contributed by atoms with Gasteiger partial charge < -0.3 is 9.80 Å². The zero-order valence-corrected chi connectivity index (χ0v) is 20.3. The molecule has 10 heteroatoms. The van der Waals surface area contributed by atoms with Gasteiger partial charge in [0, 0.05) is 52.2 Å². The minimum atomic E-state index is -0.753. The SMILES string of the molecule is Cc1ccc2nc(N3CCN(c4ccccc4)CC3)c(C=C3C(=O)N(C)C(=O)N(C)C3=O)c(=O)n2c1. The number of aromatic nitrogens is 2. The Morgan fingerprint density at radius 2 is 1.42 bits per heavy atom. The molecular weight excluding hydrogens is 460 g/mol. The van der Waals surface area contributed by atoms with Gasteiger partial charge in [0.05, 0.1) is 5.56 Å². The highest BCUT2D eigenvalue weighted by Gasteiger charge is 2.38. The van der Waals surface area contributed by atoms with Crippen molar-refractivity contribution in [2.75, 3.05) is 50.1 Å². The minimum Gasteiger partial charge on any atom is -0.368 e. The summed E-state index contributed by atoms with van der Waals surface area (Å²) in [6, 6.07) is 13.0. The third-order valence-corrected chi connectivity index (χ3v) is 6.62. The van der Waals surface area contributed by atoms with E-state index in [1.165, 1.54) is 24.6 Å². The number of anilines is 2. The topological polar surface area (TPSA) is 98.5 Å². The molecule has 2 aliphatic rings. The third-order valence-electron chi connectivity index (χ3n) is 6.62. The summed E-state index contributed by atoms with van der Waals surface area (Å²) in [7, 11) is 2.61. The van der Waals surface area contributed by atoms with Crippen molar-refractivity contribution in [1.29, 1.82) is 0 Å². The second-order valence-corrected chi connectivity index (χ2v) is 8.97. The van der Waals surface area contributed by atoms with Crippen LogP contribution in [0.3, 0.4) is 0 Å². The van der Waals surface area contributed by atoms with Crippen molar-refractivity contribution in [3.8, 4) is 0 Å². The van der Waals surface area contributed by atoms with Gasteiger partial charge in [0.2, 0.25) is 0 Å². The number of fused-ring (bicyclic) bond motifs is 1. The molecule has 36 heavy (non-hydrogen) atoms. The molecule has 0 atom stereocenters. The highest BCUT2D eigenvalue weighted by Crippen LogP contribution is 2.25. The highest BCUT2D eigenvalue weighted by atomic mass is 16.2. The van der Waals surface area contributed by atoms with Gasteiger partial charge >= 0.3 is 6.03 Å². The number of hydrogen-bond acceptors (Lipinski definition) is 7. The van der Waals surface area contributed by atoms with Crippen LogP contribution in [0.4, 0.5) is 16.3 Å². The van der Waals surface area contributed by atoms with Crippen molar-refractivity contribution in [3.05, 3.63) is 75.7 Å². The van der Waals surface area contributed by atoms with Gasteiger partial charge in [0.25, 0.3) is 17.4 Å². The summed E-state index contributed by atoms with van der Waals surface area (Å²) in [4.78, 5) is 62.3. The van der Waals surface area contributed by atoms with Gasteiger partial charge in [0.15, 0.2) is 0 Å². The Morgan fingerprint density at radius 3 is 2.06 bits per heavy atom. The fourth-order valence-electron chi connectivity index (χ4n) is 4.55. The van der Waals surface area contributed by atoms with Gasteiger partial charge in [0.1, 0.15) is 17.0 Å². The van der Waals surface area contributed by atoms with Gasteiger partial charge in [-0.2, -0.15) is 0 Å². The van der Waals surface area contributed by atoms with Crippen molar-refractivity contribution < 1.29 is 14.4 Å². The van der Waals surface area contributed by atoms with E-state index in [2.05, 4.69) is 17.0 Å². The summed E-state index contributed by atoms with van der Waals surface area (Å²) >= 11 is 0. The molecule has 4 amide bonds. The highest BCUT2D eigenvalue weighted by molar-refractivity contribution is 6.30. The lowest BCUT2D eigenvalue weighted by atomic mass is 10.1. The molecule has 4 heterocycles. The zero-order chi connectivity index (χ0) is 25.6. The second-order valence-electron chi connectivity index (χ2n) is 8.97. The summed E-state index contributed by atoms with van der Waals surface area (Å²) in [6.07, 6.45) is 2.96. The lowest BCUT2D eigenvalue weighted by Crippen LogP contribution is -2.53. The van der Waals surface area contributed by atoms with Gasteiger partial charge in [-0.05, 0) is 36.8 Å². The van der Waals surface area contributed by atoms with Crippen LogP contribution < -0.4 is 15.4 Å². The Balaban J connectivity index is 1.60. The molecule has 0 aliphatic carbocycles. The van der Waals surface area contributed by atoms with E-state index < -0.39 is 17.8 Å². The largest absolute Gasteiger partial charge is 0.368 e. The second kappa shape index (κ2) is 8.95. The average molecular weight is 487 g/mol. The van der Waals surface area contributed by atoms with Gasteiger partial charge in [-0.25, -0.2) is 9.78 Å². The molecule has 2 fully saturated rings. The van der Waals surface area contributed by atoms with E-state index in [0.717, 1.165) is 21.1 Å². The molecule has 0 unspecified atom stereocenters. The lowest BCUT2D eigenvalue weighted by Gasteiger charge is -2.37. The van der Waals surface area contributed by atoms with Crippen LogP contribution in [0.1, 0.15) is 11.1 Å². The van der Waals surface area contributed by atoms with Crippen LogP contribution in [-0.4, -0.2) is 77.3 Å². The number of amides is 4. The van der Waals surface area contributed by atoms with E-state index in [4.69, 9.17) is 4.98 Å². The summed E-state index contributed by atoms with van der Waals surface area (Å²) in [5.41, 5.74) is 1.95. The van der Waals surface area contributed by atoms with E-state index in [-0.39, 0.29) is 16.7 Å². The van der Waals surface area contributed by atoms with Crippen LogP contribution in [0.5, 0.6) is 0 Å². The number of nitrogens with zero attached hydrogens (tertiary/aromatic N) is 6. The number of likely N-dealkylation sites (N-methyl/N-ethyl adjacent to an activating group) is 2. The molecular formula is C26H26N6O4. The first-order valence-corrected chi connectivity index (χ1v) is 11.7. The van der Waals surface area contributed by atoms with Crippen molar-refractivity contribution in [2.24, 2.45) is 0 Å². The third kappa shape index (κ3) is 3.90. The van der Waals surface area contributed by atoms with Crippen LogP contribution in [0.2, 0.25) is 0 Å². The summed E-state index contributed by atoms with van der Waals surface area (Å²) in [5, 5.41) is 0. The first-order chi connectivity index (χ1) is 17.3.